The number of nitrogens with zero attached hydrogens (tertiary/aromatic N) is 1. The first kappa shape index (κ1) is 16.8. The molecule has 25 heavy (non-hydrogen) atoms. The lowest BCUT2D eigenvalue weighted by molar-refractivity contribution is -0.117. The average Bonchev–Trinajstić information content (AvgIpc) is 3.05. The summed E-state index contributed by atoms with van der Waals surface area (Å²) in [5.41, 5.74) is 2.82. The molecule has 0 fully saturated rings. The number of nitrogens with one attached hydrogen (secondary N) is 1. The molecule has 0 aliphatic heterocycles. The first-order chi connectivity index (χ1) is 12.2. The van der Waals surface area contributed by atoms with Crippen molar-refractivity contribution in [3.63, 3.8) is 0 Å². The number of pyridine rings is 1. The summed E-state index contributed by atoms with van der Waals surface area (Å²) in [4.78, 5) is 25.0. The molecular weight excluding hydrogens is 316 g/mol. The molecule has 1 amide bonds. The van der Waals surface area contributed by atoms with Gasteiger partial charge in [0.1, 0.15) is 11.4 Å². The molecule has 3 rings (SSSR count). The molecule has 5 nitrogen and oxygen atoms in total. The molecule has 0 aliphatic rings. The molecule has 0 unspecified atom stereocenters. The van der Waals surface area contributed by atoms with Gasteiger partial charge in [-0.05, 0) is 42.3 Å². The summed E-state index contributed by atoms with van der Waals surface area (Å²) < 4.78 is 6.95. The molecule has 5 heteroatoms. The van der Waals surface area contributed by atoms with Crippen LogP contribution in [0.15, 0.2) is 54.7 Å². The Morgan fingerprint density at radius 3 is 2.56 bits per heavy atom. The van der Waals surface area contributed by atoms with Gasteiger partial charge in [0, 0.05) is 23.8 Å². The van der Waals surface area contributed by atoms with Crippen molar-refractivity contribution >= 4 is 17.2 Å². The summed E-state index contributed by atoms with van der Waals surface area (Å²) in [6.07, 6.45) is 2.57. The highest BCUT2D eigenvalue weighted by Gasteiger charge is 2.24. The van der Waals surface area contributed by atoms with Gasteiger partial charge < -0.3 is 14.5 Å². The van der Waals surface area contributed by atoms with Gasteiger partial charge in [0.25, 0.3) is 11.7 Å². The van der Waals surface area contributed by atoms with Crippen LogP contribution in [0.2, 0.25) is 0 Å². The van der Waals surface area contributed by atoms with Gasteiger partial charge in [0.15, 0.2) is 0 Å². The number of amides is 1. The smallest absolute Gasteiger partial charge is 0.294 e. The van der Waals surface area contributed by atoms with Crippen molar-refractivity contribution in [1.82, 2.24) is 9.72 Å². The van der Waals surface area contributed by atoms with Crippen molar-refractivity contribution < 1.29 is 14.3 Å². The molecule has 2 aromatic heterocycles. The minimum Gasteiger partial charge on any atom is -0.497 e. The van der Waals surface area contributed by atoms with Crippen molar-refractivity contribution in [3.05, 3.63) is 60.4 Å². The van der Waals surface area contributed by atoms with E-state index in [1.165, 1.54) is 0 Å². The maximum Gasteiger partial charge on any atom is 0.294 e. The van der Waals surface area contributed by atoms with Crippen LogP contribution in [0.4, 0.5) is 0 Å². The standard InChI is InChI=1S/C20H20N2O3/c1-3-11-21-20(24)19(23)18-17(13-15-6-4-5-12-22(15)18)14-7-9-16(25-2)10-8-14/h4-10,12-13H,3,11H2,1-2H3,(H,21,24). The Kier molecular flexibility index (Phi) is 4.84. The number of ketones is 1. The molecule has 0 bridgehead atoms. The van der Waals surface area contributed by atoms with E-state index >= 15 is 0 Å². The Labute approximate surface area is 146 Å². The number of benzene rings is 1. The fourth-order valence-corrected chi connectivity index (χ4v) is 2.77. The van der Waals surface area contributed by atoms with Gasteiger partial charge in [0.2, 0.25) is 0 Å². The average molecular weight is 336 g/mol. The van der Waals surface area contributed by atoms with E-state index in [-0.39, 0.29) is 0 Å². The van der Waals surface area contributed by atoms with Crippen LogP contribution < -0.4 is 10.1 Å². The van der Waals surface area contributed by atoms with Gasteiger partial charge in [0.05, 0.1) is 7.11 Å². The quantitative estimate of drug-likeness (QED) is 0.555. The van der Waals surface area contributed by atoms with Gasteiger partial charge in [-0.2, -0.15) is 0 Å². The molecule has 0 aliphatic carbocycles. The van der Waals surface area contributed by atoms with E-state index in [0.717, 1.165) is 28.8 Å². The molecule has 0 radical (unpaired) electrons. The van der Waals surface area contributed by atoms with E-state index in [1.54, 1.807) is 17.7 Å². The number of aromatic nitrogens is 1. The van der Waals surface area contributed by atoms with Gasteiger partial charge in [-0.15, -0.1) is 0 Å². The van der Waals surface area contributed by atoms with Crippen molar-refractivity contribution in [3.8, 4) is 16.9 Å². The number of hydrogen-bond donors (Lipinski definition) is 1. The summed E-state index contributed by atoms with van der Waals surface area (Å²) in [6.45, 7) is 2.42. The zero-order valence-electron chi connectivity index (χ0n) is 14.3. The third-order valence-electron chi connectivity index (χ3n) is 4.04. The zero-order chi connectivity index (χ0) is 17.8. The van der Waals surface area contributed by atoms with E-state index in [9.17, 15) is 9.59 Å². The minimum atomic E-state index is -0.583. The van der Waals surface area contributed by atoms with Crippen LogP contribution in [0.25, 0.3) is 16.6 Å². The maximum absolute atomic E-state index is 12.8. The number of fused-ring (bicyclic) bond motifs is 1. The van der Waals surface area contributed by atoms with Crippen LogP contribution in [0.5, 0.6) is 5.75 Å². The molecule has 2 heterocycles. The number of carbonyl (C=O) groups excluding carboxylic acids is 2. The Bertz CT molecular complexity index is 910. The number of hydrogen-bond acceptors (Lipinski definition) is 3. The van der Waals surface area contributed by atoms with E-state index < -0.39 is 11.7 Å². The lowest BCUT2D eigenvalue weighted by atomic mass is 10.0. The van der Waals surface area contributed by atoms with Crippen LogP contribution in [0, 0.1) is 0 Å². The third kappa shape index (κ3) is 3.26. The lowest BCUT2D eigenvalue weighted by Crippen LogP contribution is -2.32. The molecule has 3 aromatic rings. The highest BCUT2D eigenvalue weighted by Crippen LogP contribution is 2.29. The molecule has 0 saturated carbocycles. The summed E-state index contributed by atoms with van der Waals surface area (Å²) >= 11 is 0. The summed E-state index contributed by atoms with van der Waals surface area (Å²) in [6, 6.07) is 15.0. The highest BCUT2D eigenvalue weighted by molar-refractivity contribution is 6.43. The number of carbonyl (C=O) groups is 2. The molecule has 0 saturated heterocycles. The van der Waals surface area contributed by atoms with Gasteiger partial charge in [-0.3, -0.25) is 9.59 Å². The topological polar surface area (TPSA) is 59.8 Å². The Morgan fingerprint density at radius 1 is 1.12 bits per heavy atom. The summed E-state index contributed by atoms with van der Waals surface area (Å²) in [5, 5.41) is 2.66. The van der Waals surface area contributed by atoms with E-state index in [2.05, 4.69) is 5.32 Å². The second-order valence-electron chi connectivity index (χ2n) is 5.72. The van der Waals surface area contributed by atoms with Gasteiger partial charge in [-0.1, -0.05) is 25.1 Å². The summed E-state index contributed by atoms with van der Waals surface area (Å²) in [7, 11) is 1.61. The predicted molar refractivity (Wildman–Crippen MR) is 97.0 cm³/mol. The number of Topliss-reactive ketones (excluding diaryl/α,β-unsaturated/α-hetero) is 1. The summed E-state index contributed by atoms with van der Waals surface area (Å²) in [5.74, 6) is -0.382. The Hall–Kier alpha value is -3.08. The molecular formula is C20H20N2O3. The minimum absolute atomic E-state index is 0.370. The zero-order valence-corrected chi connectivity index (χ0v) is 14.3. The van der Waals surface area contributed by atoms with Crippen molar-refractivity contribution in [2.24, 2.45) is 0 Å². The lowest BCUT2D eigenvalue weighted by Gasteiger charge is -2.07. The van der Waals surface area contributed by atoms with E-state index in [1.807, 2.05) is 55.5 Å². The molecule has 1 N–H and O–H groups in total. The Morgan fingerprint density at radius 2 is 1.88 bits per heavy atom. The maximum atomic E-state index is 12.8. The first-order valence-electron chi connectivity index (χ1n) is 8.22. The molecule has 1 aromatic carbocycles. The first-order valence-corrected chi connectivity index (χ1v) is 8.22. The second-order valence-corrected chi connectivity index (χ2v) is 5.72. The molecule has 0 atom stereocenters. The fourth-order valence-electron chi connectivity index (χ4n) is 2.77. The number of rotatable bonds is 6. The third-order valence-corrected chi connectivity index (χ3v) is 4.04. The normalized spacial score (nSPS) is 10.6. The van der Waals surface area contributed by atoms with E-state index in [4.69, 9.17) is 4.74 Å². The predicted octanol–water partition coefficient (Wildman–Crippen LogP) is 3.32. The van der Waals surface area contributed by atoms with Crippen molar-refractivity contribution in [2.45, 2.75) is 13.3 Å². The van der Waals surface area contributed by atoms with Crippen LogP contribution in [0.1, 0.15) is 23.8 Å². The van der Waals surface area contributed by atoms with Crippen LogP contribution in [-0.4, -0.2) is 29.7 Å². The van der Waals surface area contributed by atoms with Crippen molar-refractivity contribution in [1.29, 1.82) is 0 Å². The van der Waals surface area contributed by atoms with Crippen molar-refractivity contribution in [2.75, 3.05) is 13.7 Å². The SMILES string of the molecule is CCCNC(=O)C(=O)c1c(-c2ccc(OC)cc2)cc2ccccn12. The van der Waals surface area contributed by atoms with Crippen LogP contribution >= 0.6 is 0 Å². The largest absolute Gasteiger partial charge is 0.497 e. The van der Waals surface area contributed by atoms with Gasteiger partial charge in [-0.25, -0.2) is 0 Å². The van der Waals surface area contributed by atoms with E-state index in [0.29, 0.717) is 12.2 Å². The number of methoxy groups -OCH3 is 1. The molecule has 128 valence electrons. The monoisotopic (exact) mass is 336 g/mol. The fraction of sp³-hybridized carbons (Fsp3) is 0.200. The highest BCUT2D eigenvalue weighted by atomic mass is 16.5. The van der Waals surface area contributed by atoms with Crippen LogP contribution in [0.3, 0.4) is 0 Å². The Balaban J connectivity index is 2.11. The van der Waals surface area contributed by atoms with Gasteiger partial charge >= 0.3 is 0 Å². The van der Waals surface area contributed by atoms with Crippen LogP contribution in [-0.2, 0) is 4.79 Å². The molecule has 0 spiro atoms. The number of ether oxygens (including phenoxy) is 1. The second kappa shape index (κ2) is 7.21.